The molecule has 2 amide bonds. The number of hydrogen-bond donors (Lipinski definition) is 2. The van der Waals surface area contributed by atoms with E-state index < -0.39 is 35.5 Å². The molecule has 0 aliphatic rings. The lowest BCUT2D eigenvalue weighted by molar-refractivity contribution is -0.251. The predicted molar refractivity (Wildman–Crippen MR) is 95.1 cm³/mol. The summed E-state index contributed by atoms with van der Waals surface area (Å²) >= 11 is 0. The van der Waals surface area contributed by atoms with Gasteiger partial charge in [-0.1, -0.05) is 19.9 Å². The minimum absolute atomic E-state index is 0.0706. The first-order valence-electron chi connectivity index (χ1n) is 8.48. The molecule has 1 aromatic heterocycles. The molecule has 1 heterocycles. The normalized spacial score (nSPS) is 12.5. The Morgan fingerprint density at radius 1 is 1.11 bits per heavy atom. The van der Waals surface area contributed by atoms with Gasteiger partial charge in [0.1, 0.15) is 12.1 Å². The topological polar surface area (TPSA) is 94.1 Å². The zero-order chi connectivity index (χ0) is 20.9. The van der Waals surface area contributed by atoms with Crippen molar-refractivity contribution in [1.29, 1.82) is 0 Å². The summed E-state index contributed by atoms with van der Waals surface area (Å²) in [7, 11) is 0. The number of carbonyl (C=O) groups is 2. The van der Waals surface area contributed by atoms with Crippen LogP contribution in [0.3, 0.4) is 0 Å². The molecule has 0 fully saturated rings. The number of halogens is 3. The molecule has 0 radical (unpaired) electrons. The lowest BCUT2D eigenvalue weighted by Crippen LogP contribution is -2.49. The lowest BCUT2D eigenvalue weighted by Gasteiger charge is -2.22. The van der Waals surface area contributed by atoms with E-state index in [1.54, 1.807) is 26.0 Å². The van der Waals surface area contributed by atoms with Crippen molar-refractivity contribution in [2.75, 3.05) is 5.32 Å². The van der Waals surface area contributed by atoms with E-state index in [1.807, 2.05) is 5.32 Å². The van der Waals surface area contributed by atoms with Gasteiger partial charge in [-0.25, -0.2) is 0 Å². The number of anilines is 1. The third-order valence-electron chi connectivity index (χ3n) is 3.91. The molecule has 6 nitrogen and oxygen atoms in total. The van der Waals surface area contributed by atoms with Gasteiger partial charge in [0.15, 0.2) is 0 Å². The van der Waals surface area contributed by atoms with Gasteiger partial charge in [0, 0.05) is 12.4 Å². The number of carboxylic acid groups (broad SMARTS) is 1. The van der Waals surface area contributed by atoms with Gasteiger partial charge >= 0.3 is 6.18 Å². The van der Waals surface area contributed by atoms with Crippen molar-refractivity contribution >= 4 is 17.7 Å². The number of rotatable bonds is 6. The average molecular weight is 394 g/mol. The van der Waals surface area contributed by atoms with Gasteiger partial charge in [0.25, 0.3) is 0 Å². The molecule has 0 saturated carbocycles. The molecule has 28 heavy (non-hydrogen) atoms. The van der Waals surface area contributed by atoms with Crippen molar-refractivity contribution in [2.24, 2.45) is 5.92 Å². The largest absolute Gasteiger partial charge is 0.530 e. The summed E-state index contributed by atoms with van der Waals surface area (Å²) in [5.41, 5.74) is -0.648. The summed E-state index contributed by atoms with van der Waals surface area (Å²) in [6.07, 6.45) is -3.37. The monoisotopic (exact) mass is 394 g/mol. The van der Waals surface area contributed by atoms with Crippen LogP contribution in [0.4, 0.5) is 23.7 Å². The van der Waals surface area contributed by atoms with E-state index in [0.29, 0.717) is 11.1 Å². The first-order chi connectivity index (χ1) is 13.1. The van der Waals surface area contributed by atoms with Crippen LogP contribution >= 0.6 is 0 Å². The van der Waals surface area contributed by atoms with Crippen LogP contribution in [0.25, 0.3) is 11.1 Å². The molecule has 0 bridgehead atoms. The summed E-state index contributed by atoms with van der Waals surface area (Å²) < 4.78 is 40.6. The number of nitrogens with one attached hydrogen (secondary N) is 2. The van der Waals surface area contributed by atoms with Crippen molar-refractivity contribution in [1.82, 2.24) is 10.3 Å². The number of alkyl halides is 3. The Morgan fingerprint density at radius 2 is 1.75 bits per heavy atom. The first kappa shape index (κ1) is 21.2. The number of nitrogens with zero attached hydrogens (tertiary/aromatic N) is 1. The van der Waals surface area contributed by atoms with E-state index in [9.17, 15) is 27.9 Å². The molecular weight excluding hydrogens is 375 g/mol. The highest BCUT2D eigenvalue weighted by Gasteiger charge is 2.35. The molecule has 1 atom stereocenters. The second-order valence-corrected chi connectivity index (χ2v) is 6.60. The molecular formula is C19H19F3N3O3-. The van der Waals surface area contributed by atoms with Crippen molar-refractivity contribution in [2.45, 2.75) is 32.5 Å². The molecule has 0 aliphatic carbocycles. The third-order valence-corrected chi connectivity index (χ3v) is 3.91. The Kier molecular flexibility index (Phi) is 6.61. The van der Waals surface area contributed by atoms with Gasteiger partial charge in [-0.2, -0.15) is 13.2 Å². The van der Waals surface area contributed by atoms with Gasteiger partial charge in [-0.05, 0) is 47.7 Å². The lowest BCUT2D eigenvalue weighted by atomic mass is 10.0. The summed E-state index contributed by atoms with van der Waals surface area (Å²) in [5.74, 6) is -0.959. The predicted octanol–water partition coefficient (Wildman–Crippen LogP) is 3.05. The van der Waals surface area contributed by atoms with Gasteiger partial charge in [0.05, 0.1) is 11.3 Å². The highest BCUT2D eigenvalue weighted by Crippen LogP contribution is 2.37. The number of aromatic nitrogens is 1. The second kappa shape index (κ2) is 8.73. The summed E-state index contributed by atoms with van der Waals surface area (Å²) in [6.45, 7) is 3.50. The van der Waals surface area contributed by atoms with Crippen LogP contribution in [0.1, 0.15) is 25.8 Å². The fourth-order valence-electron chi connectivity index (χ4n) is 2.68. The van der Waals surface area contributed by atoms with E-state index in [1.165, 1.54) is 18.5 Å². The fraction of sp³-hybridized carbons (Fsp3) is 0.316. The van der Waals surface area contributed by atoms with Gasteiger partial charge in [-0.15, -0.1) is 0 Å². The number of amides is 2. The Hall–Kier alpha value is -3.10. The van der Waals surface area contributed by atoms with Crippen molar-refractivity contribution in [3.05, 3.63) is 48.3 Å². The number of hydrogen-bond acceptors (Lipinski definition) is 4. The molecule has 9 heteroatoms. The van der Waals surface area contributed by atoms with Crippen molar-refractivity contribution < 1.29 is 27.9 Å². The standard InChI is InChI=1S/C19H20F3N3O3/c1-11(2)9-16(25-18(27)28)17(26)24-15-4-3-13(10-14(15)19(20,21)22)12-5-7-23-8-6-12/h3-8,10-11,16,25H,9H2,1-2H3,(H,24,26)(H,27,28)/p-1. The van der Waals surface area contributed by atoms with Crippen LogP contribution in [0.2, 0.25) is 0 Å². The minimum atomic E-state index is -4.72. The first-order valence-corrected chi connectivity index (χ1v) is 8.48. The fourth-order valence-corrected chi connectivity index (χ4v) is 2.68. The van der Waals surface area contributed by atoms with Gasteiger partial charge in [-0.3, -0.25) is 9.78 Å². The van der Waals surface area contributed by atoms with Crippen LogP contribution in [-0.4, -0.2) is 23.0 Å². The summed E-state index contributed by atoms with van der Waals surface area (Å²) in [6, 6.07) is 5.40. The van der Waals surface area contributed by atoms with E-state index in [2.05, 4.69) is 10.3 Å². The Morgan fingerprint density at radius 3 is 2.29 bits per heavy atom. The van der Waals surface area contributed by atoms with Crippen LogP contribution in [0.5, 0.6) is 0 Å². The highest BCUT2D eigenvalue weighted by molar-refractivity contribution is 5.97. The molecule has 150 valence electrons. The maximum absolute atomic E-state index is 13.5. The molecule has 2 aromatic rings. The molecule has 2 N–H and O–H groups in total. The van der Waals surface area contributed by atoms with Crippen LogP contribution in [0.15, 0.2) is 42.7 Å². The Balaban J connectivity index is 2.36. The van der Waals surface area contributed by atoms with Gasteiger partial charge in [0.2, 0.25) is 5.91 Å². The zero-order valence-corrected chi connectivity index (χ0v) is 15.2. The summed E-state index contributed by atoms with van der Waals surface area (Å²) in [5, 5.41) is 14.9. The smallest absolute Gasteiger partial charge is 0.418 e. The quantitative estimate of drug-likeness (QED) is 0.787. The third kappa shape index (κ3) is 5.70. The second-order valence-electron chi connectivity index (χ2n) is 6.60. The average Bonchev–Trinajstić information content (AvgIpc) is 2.60. The van der Waals surface area contributed by atoms with Crippen molar-refractivity contribution in [3.63, 3.8) is 0 Å². The number of carbonyl (C=O) groups excluding carboxylic acids is 2. The van der Waals surface area contributed by atoms with E-state index in [0.717, 1.165) is 12.1 Å². The Bertz CT molecular complexity index is 839. The van der Waals surface area contributed by atoms with E-state index in [-0.39, 0.29) is 12.3 Å². The number of pyridine rings is 1. The van der Waals surface area contributed by atoms with E-state index in [4.69, 9.17) is 0 Å². The molecule has 0 saturated heterocycles. The van der Waals surface area contributed by atoms with Crippen LogP contribution < -0.4 is 15.7 Å². The maximum Gasteiger partial charge on any atom is 0.418 e. The van der Waals surface area contributed by atoms with Gasteiger partial charge < -0.3 is 20.5 Å². The molecule has 0 spiro atoms. The highest BCUT2D eigenvalue weighted by atomic mass is 19.4. The molecule has 1 aromatic carbocycles. The molecule has 0 aliphatic heterocycles. The van der Waals surface area contributed by atoms with E-state index >= 15 is 0 Å². The van der Waals surface area contributed by atoms with Crippen LogP contribution in [0, 0.1) is 5.92 Å². The minimum Gasteiger partial charge on any atom is -0.530 e. The summed E-state index contributed by atoms with van der Waals surface area (Å²) in [4.78, 5) is 27.0. The maximum atomic E-state index is 13.5. The SMILES string of the molecule is CC(C)CC(NC(=O)[O-])C(=O)Nc1ccc(-c2ccncc2)cc1C(F)(F)F. The zero-order valence-electron chi connectivity index (χ0n) is 15.2. The molecule has 2 rings (SSSR count). The molecule has 1 unspecified atom stereocenters. The Labute approximate surface area is 159 Å². The van der Waals surface area contributed by atoms with Crippen molar-refractivity contribution in [3.8, 4) is 11.1 Å². The van der Waals surface area contributed by atoms with Crippen LogP contribution in [-0.2, 0) is 11.0 Å². The number of benzene rings is 1.